The SMILES string of the molecule is CC[C@H](C)/C=C\C(F)(F)F. The van der Waals surface area contributed by atoms with E-state index in [1.807, 2.05) is 6.92 Å². The topological polar surface area (TPSA) is 0 Å². The molecule has 10 heavy (non-hydrogen) atoms. The summed E-state index contributed by atoms with van der Waals surface area (Å²) in [5.74, 6) is 0.0154. The van der Waals surface area contributed by atoms with Crippen molar-refractivity contribution in [1.82, 2.24) is 0 Å². The fourth-order valence-corrected chi connectivity index (χ4v) is 0.409. The summed E-state index contributed by atoms with van der Waals surface area (Å²) >= 11 is 0. The van der Waals surface area contributed by atoms with Gasteiger partial charge in [-0.15, -0.1) is 0 Å². The maximum Gasteiger partial charge on any atom is 0.409 e. The smallest absolute Gasteiger partial charge is 0.167 e. The third-order valence-electron chi connectivity index (χ3n) is 1.26. The van der Waals surface area contributed by atoms with E-state index < -0.39 is 6.18 Å². The molecule has 0 spiro atoms. The van der Waals surface area contributed by atoms with Crippen LogP contribution in [0.5, 0.6) is 0 Å². The molecule has 0 saturated heterocycles. The maximum absolute atomic E-state index is 11.5. The molecule has 0 amide bonds. The zero-order chi connectivity index (χ0) is 8.20. The minimum absolute atomic E-state index is 0.0154. The molecule has 0 nitrogen and oxygen atoms in total. The van der Waals surface area contributed by atoms with Crippen LogP contribution in [0.3, 0.4) is 0 Å². The van der Waals surface area contributed by atoms with Crippen LogP contribution < -0.4 is 0 Å². The zero-order valence-corrected chi connectivity index (χ0v) is 6.07. The average molecular weight is 152 g/mol. The fraction of sp³-hybridized carbons (Fsp3) is 0.714. The van der Waals surface area contributed by atoms with Crippen LogP contribution in [0.4, 0.5) is 13.2 Å². The van der Waals surface area contributed by atoms with E-state index in [9.17, 15) is 13.2 Å². The van der Waals surface area contributed by atoms with Crippen molar-refractivity contribution in [1.29, 1.82) is 0 Å². The zero-order valence-electron chi connectivity index (χ0n) is 6.07. The van der Waals surface area contributed by atoms with Crippen molar-refractivity contribution in [2.45, 2.75) is 26.4 Å². The van der Waals surface area contributed by atoms with Crippen molar-refractivity contribution < 1.29 is 13.2 Å². The van der Waals surface area contributed by atoms with Crippen molar-refractivity contribution in [3.63, 3.8) is 0 Å². The largest absolute Gasteiger partial charge is 0.409 e. The molecule has 60 valence electrons. The first-order chi connectivity index (χ1) is 4.45. The number of hydrogen-bond donors (Lipinski definition) is 0. The van der Waals surface area contributed by atoms with Gasteiger partial charge in [0.05, 0.1) is 0 Å². The van der Waals surface area contributed by atoms with Crippen LogP contribution in [0.15, 0.2) is 12.2 Å². The molecule has 0 aliphatic heterocycles. The molecule has 0 heterocycles. The first-order valence-electron chi connectivity index (χ1n) is 3.21. The van der Waals surface area contributed by atoms with Crippen molar-refractivity contribution in [3.05, 3.63) is 12.2 Å². The Morgan fingerprint density at radius 2 is 1.90 bits per heavy atom. The van der Waals surface area contributed by atoms with Crippen LogP contribution in [0, 0.1) is 5.92 Å². The minimum atomic E-state index is -4.15. The van der Waals surface area contributed by atoms with Gasteiger partial charge in [0.2, 0.25) is 0 Å². The van der Waals surface area contributed by atoms with Gasteiger partial charge in [0.15, 0.2) is 0 Å². The fourth-order valence-electron chi connectivity index (χ4n) is 0.409. The monoisotopic (exact) mass is 152 g/mol. The first-order valence-corrected chi connectivity index (χ1v) is 3.21. The Bertz CT molecular complexity index is 113. The molecule has 0 aromatic rings. The molecule has 0 fully saturated rings. The van der Waals surface area contributed by atoms with E-state index in [-0.39, 0.29) is 5.92 Å². The molecule has 0 rings (SSSR count). The quantitative estimate of drug-likeness (QED) is 0.533. The van der Waals surface area contributed by atoms with Crippen molar-refractivity contribution in [3.8, 4) is 0 Å². The predicted octanol–water partition coefficient (Wildman–Crippen LogP) is 3.15. The van der Waals surface area contributed by atoms with Gasteiger partial charge in [0.1, 0.15) is 0 Å². The van der Waals surface area contributed by atoms with Crippen LogP contribution >= 0.6 is 0 Å². The highest BCUT2D eigenvalue weighted by atomic mass is 19.4. The van der Waals surface area contributed by atoms with Gasteiger partial charge in [-0.3, -0.25) is 0 Å². The summed E-state index contributed by atoms with van der Waals surface area (Å²) in [5, 5.41) is 0. The van der Waals surface area contributed by atoms with Crippen LogP contribution in [-0.2, 0) is 0 Å². The molecule has 0 N–H and O–H groups in total. The molecule has 0 aromatic heterocycles. The van der Waals surface area contributed by atoms with Crippen molar-refractivity contribution >= 4 is 0 Å². The Morgan fingerprint density at radius 3 is 2.20 bits per heavy atom. The Hall–Kier alpha value is -0.470. The third-order valence-corrected chi connectivity index (χ3v) is 1.26. The molecule has 0 bridgehead atoms. The second-order valence-electron chi connectivity index (χ2n) is 2.29. The standard InChI is InChI=1S/C7H11F3/c1-3-6(2)4-5-7(8,9)10/h4-6H,3H2,1-2H3/b5-4-/t6-/m0/s1. The number of allylic oxidation sites excluding steroid dienone is 2. The van der Waals surface area contributed by atoms with Crippen LogP contribution in [-0.4, -0.2) is 6.18 Å². The highest BCUT2D eigenvalue weighted by molar-refractivity contribution is 4.91. The summed E-state index contributed by atoms with van der Waals surface area (Å²) in [6.07, 6.45) is -1.93. The summed E-state index contributed by atoms with van der Waals surface area (Å²) in [6.45, 7) is 3.60. The Kier molecular flexibility index (Phi) is 3.47. The average Bonchev–Trinajstić information content (AvgIpc) is 1.81. The van der Waals surface area contributed by atoms with Gasteiger partial charge in [-0.2, -0.15) is 13.2 Å². The van der Waals surface area contributed by atoms with E-state index in [1.165, 1.54) is 6.08 Å². The van der Waals surface area contributed by atoms with E-state index in [2.05, 4.69) is 0 Å². The second kappa shape index (κ2) is 3.64. The molecule has 0 aliphatic carbocycles. The minimum Gasteiger partial charge on any atom is -0.167 e. The third kappa shape index (κ3) is 5.66. The summed E-state index contributed by atoms with van der Waals surface area (Å²) in [7, 11) is 0. The Balaban J connectivity index is 3.75. The van der Waals surface area contributed by atoms with E-state index in [0.29, 0.717) is 6.08 Å². The lowest BCUT2D eigenvalue weighted by Crippen LogP contribution is -2.01. The summed E-state index contributed by atoms with van der Waals surface area (Å²) in [6, 6.07) is 0. The highest BCUT2D eigenvalue weighted by Gasteiger charge is 2.21. The van der Waals surface area contributed by atoms with Gasteiger partial charge in [0.25, 0.3) is 0 Å². The van der Waals surface area contributed by atoms with E-state index in [1.54, 1.807) is 6.92 Å². The van der Waals surface area contributed by atoms with Gasteiger partial charge < -0.3 is 0 Å². The molecule has 0 saturated carbocycles. The van der Waals surface area contributed by atoms with Gasteiger partial charge in [-0.05, 0) is 5.92 Å². The number of halogens is 3. The summed E-state index contributed by atoms with van der Waals surface area (Å²) in [5.41, 5.74) is 0. The lowest BCUT2D eigenvalue weighted by atomic mass is 10.1. The van der Waals surface area contributed by atoms with Crippen LogP contribution in [0.1, 0.15) is 20.3 Å². The molecular formula is C7H11F3. The van der Waals surface area contributed by atoms with Crippen molar-refractivity contribution in [2.24, 2.45) is 5.92 Å². The van der Waals surface area contributed by atoms with Crippen LogP contribution in [0.25, 0.3) is 0 Å². The number of hydrogen-bond acceptors (Lipinski definition) is 0. The number of alkyl halides is 3. The van der Waals surface area contributed by atoms with E-state index in [4.69, 9.17) is 0 Å². The normalized spacial score (nSPS) is 16.1. The first kappa shape index (κ1) is 9.53. The molecule has 0 aliphatic rings. The van der Waals surface area contributed by atoms with Gasteiger partial charge in [0, 0.05) is 6.08 Å². The van der Waals surface area contributed by atoms with Gasteiger partial charge >= 0.3 is 6.18 Å². The number of rotatable bonds is 2. The van der Waals surface area contributed by atoms with Crippen molar-refractivity contribution in [2.75, 3.05) is 0 Å². The Labute approximate surface area is 58.7 Å². The Morgan fingerprint density at radius 1 is 1.40 bits per heavy atom. The van der Waals surface area contributed by atoms with Crippen LogP contribution in [0.2, 0.25) is 0 Å². The summed E-state index contributed by atoms with van der Waals surface area (Å²) < 4.78 is 34.4. The molecule has 0 aromatic carbocycles. The lowest BCUT2D eigenvalue weighted by molar-refractivity contribution is -0.0802. The van der Waals surface area contributed by atoms with Gasteiger partial charge in [-0.1, -0.05) is 26.3 Å². The maximum atomic E-state index is 11.5. The van der Waals surface area contributed by atoms with Gasteiger partial charge in [-0.25, -0.2) is 0 Å². The molecular weight excluding hydrogens is 141 g/mol. The predicted molar refractivity (Wildman–Crippen MR) is 34.6 cm³/mol. The van der Waals surface area contributed by atoms with E-state index >= 15 is 0 Å². The second-order valence-corrected chi connectivity index (χ2v) is 2.29. The summed E-state index contributed by atoms with van der Waals surface area (Å²) in [4.78, 5) is 0. The highest BCUT2D eigenvalue weighted by Crippen LogP contribution is 2.17. The molecule has 3 heteroatoms. The molecule has 0 unspecified atom stereocenters. The van der Waals surface area contributed by atoms with E-state index in [0.717, 1.165) is 6.42 Å². The molecule has 0 radical (unpaired) electrons. The lowest BCUT2D eigenvalue weighted by Gasteiger charge is -2.01. The molecule has 1 atom stereocenters.